The van der Waals surface area contributed by atoms with Crippen LogP contribution < -0.4 is 5.56 Å². The Hall–Kier alpha value is -1.43. The van der Waals surface area contributed by atoms with Gasteiger partial charge in [0.15, 0.2) is 5.82 Å². The van der Waals surface area contributed by atoms with Gasteiger partial charge in [-0.25, -0.2) is 0 Å². The number of hydrogen-bond donors (Lipinski definition) is 1. The highest BCUT2D eigenvalue weighted by Gasteiger charge is 2.14. The SMILES string of the molecule is CC(C)Cc1[nH]n(-c2cccnn2)c(=O)c1Br. The van der Waals surface area contributed by atoms with Crippen LogP contribution in [0, 0.1) is 5.92 Å². The second kappa shape index (κ2) is 4.83. The van der Waals surface area contributed by atoms with Crippen LogP contribution in [0.15, 0.2) is 27.6 Å². The molecule has 0 spiro atoms. The van der Waals surface area contributed by atoms with Gasteiger partial charge in [0, 0.05) is 6.20 Å². The average molecular weight is 297 g/mol. The van der Waals surface area contributed by atoms with Gasteiger partial charge in [-0.05, 0) is 40.4 Å². The summed E-state index contributed by atoms with van der Waals surface area (Å²) in [6.45, 7) is 4.20. The highest BCUT2D eigenvalue weighted by atomic mass is 79.9. The van der Waals surface area contributed by atoms with Crippen molar-refractivity contribution < 1.29 is 0 Å². The fourth-order valence-electron chi connectivity index (χ4n) is 1.58. The van der Waals surface area contributed by atoms with E-state index < -0.39 is 0 Å². The molecule has 90 valence electrons. The number of rotatable bonds is 3. The molecule has 2 rings (SSSR count). The molecule has 0 saturated heterocycles. The first-order valence-corrected chi connectivity index (χ1v) is 6.16. The van der Waals surface area contributed by atoms with Crippen LogP contribution in [0.1, 0.15) is 19.5 Å². The van der Waals surface area contributed by atoms with Gasteiger partial charge in [-0.3, -0.25) is 9.89 Å². The summed E-state index contributed by atoms with van der Waals surface area (Å²) in [6.07, 6.45) is 2.38. The average Bonchev–Trinajstić information content (AvgIpc) is 2.58. The number of aromatic amines is 1. The molecule has 5 nitrogen and oxygen atoms in total. The Bertz CT molecular complexity index is 559. The van der Waals surface area contributed by atoms with Gasteiger partial charge in [0.05, 0.1) is 5.69 Å². The largest absolute Gasteiger partial charge is 0.292 e. The van der Waals surface area contributed by atoms with Crippen molar-refractivity contribution in [3.05, 3.63) is 38.9 Å². The van der Waals surface area contributed by atoms with Crippen LogP contribution in [0.25, 0.3) is 5.82 Å². The van der Waals surface area contributed by atoms with E-state index in [4.69, 9.17) is 0 Å². The molecule has 0 radical (unpaired) electrons. The van der Waals surface area contributed by atoms with E-state index in [9.17, 15) is 4.79 Å². The lowest BCUT2D eigenvalue weighted by Crippen LogP contribution is -2.16. The highest BCUT2D eigenvalue weighted by Crippen LogP contribution is 2.15. The molecule has 0 aromatic carbocycles. The Balaban J connectivity index is 2.47. The van der Waals surface area contributed by atoms with E-state index in [2.05, 4.69) is 45.1 Å². The molecule has 0 aliphatic heterocycles. The maximum absolute atomic E-state index is 12.0. The van der Waals surface area contributed by atoms with E-state index in [1.54, 1.807) is 18.3 Å². The van der Waals surface area contributed by atoms with Gasteiger partial charge in [-0.15, -0.1) is 5.10 Å². The molecule has 0 amide bonds. The zero-order valence-corrected chi connectivity index (χ0v) is 11.2. The van der Waals surface area contributed by atoms with Crippen molar-refractivity contribution in [1.29, 1.82) is 0 Å². The molecular formula is C11H13BrN4O. The van der Waals surface area contributed by atoms with Gasteiger partial charge in [0.2, 0.25) is 0 Å². The number of nitrogens with one attached hydrogen (secondary N) is 1. The van der Waals surface area contributed by atoms with Crippen molar-refractivity contribution in [2.75, 3.05) is 0 Å². The maximum Gasteiger partial charge on any atom is 0.287 e. The van der Waals surface area contributed by atoms with Crippen LogP contribution in [0.2, 0.25) is 0 Å². The van der Waals surface area contributed by atoms with E-state index in [0.717, 1.165) is 12.1 Å². The molecular weight excluding hydrogens is 284 g/mol. The minimum atomic E-state index is -0.138. The van der Waals surface area contributed by atoms with Crippen molar-refractivity contribution >= 4 is 15.9 Å². The molecule has 0 aliphatic rings. The summed E-state index contributed by atoms with van der Waals surface area (Å²) in [5.74, 6) is 0.966. The lowest BCUT2D eigenvalue weighted by molar-refractivity contribution is 0.625. The third-order valence-corrected chi connectivity index (χ3v) is 3.12. The lowest BCUT2D eigenvalue weighted by atomic mass is 10.1. The monoisotopic (exact) mass is 296 g/mol. The van der Waals surface area contributed by atoms with Crippen molar-refractivity contribution in [3.63, 3.8) is 0 Å². The fraction of sp³-hybridized carbons (Fsp3) is 0.364. The molecule has 2 heterocycles. The Morgan fingerprint density at radius 1 is 1.53 bits per heavy atom. The summed E-state index contributed by atoms with van der Waals surface area (Å²) in [4.78, 5) is 12.0. The third-order valence-electron chi connectivity index (χ3n) is 2.30. The van der Waals surface area contributed by atoms with E-state index >= 15 is 0 Å². The van der Waals surface area contributed by atoms with E-state index in [-0.39, 0.29) is 5.56 Å². The molecule has 0 saturated carbocycles. The summed E-state index contributed by atoms with van der Waals surface area (Å²) in [6, 6.07) is 3.47. The zero-order chi connectivity index (χ0) is 12.4. The highest BCUT2D eigenvalue weighted by molar-refractivity contribution is 9.10. The first-order valence-electron chi connectivity index (χ1n) is 5.37. The molecule has 17 heavy (non-hydrogen) atoms. The van der Waals surface area contributed by atoms with E-state index in [0.29, 0.717) is 16.2 Å². The summed E-state index contributed by atoms with van der Waals surface area (Å²) in [5, 5.41) is 10.7. The Morgan fingerprint density at radius 2 is 2.29 bits per heavy atom. The maximum atomic E-state index is 12.0. The molecule has 2 aromatic heterocycles. The lowest BCUT2D eigenvalue weighted by Gasteiger charge is -2.02. The van der Waals surface area contributed by atoms with Crippen molar-refractivity contribution in [2.24, 2.45) is 5.92 Å². The number of halogens is 1. The topological polar surface area (TPSA) is 63.6 Å². The zero-order valence-electron chi connectivity index (χ0n) is 9.64. The molecule has 1 N–H and O–H groups in total. The van der Waals surface area contributed by atoms with Crippen molar-refractivity contribution in [1.82, 2.24) is 20.0 Å². The van der Waals surface area contributed by atoms with Gasteiger partial charge in [-0.2, -0.15) is 9.78 Å². The number of aromatic nitrogens is 4. The van der Waals surface area contributed by atoms with Gasteiger partial charge in [0.25, 0.3) is 5.56 Å². The summed E-state index contributed by atoms with van der Waals surface area (Å²) < 4.78 is 1.96. The Morgan fingerprint density at radius 3 is 2.88 bits per heavy atom. The molecule has 6 heteroatoms. The molecule has 0 aliphatic carbocycles. The summed E-state index contributed by atoms with van der Waals surface area (Å²) in [7, 11) is 0. The van der Waals surface area contributed by atoms with Crippen LogP contribution in [0.5, 0.6) is 0 Å². The van der Waals surface area contributed by atoms with Crippen LogP contribution in [0.4, 0.5) is 0 Å². The third kappa shape index (κ3) is 2.46. The normalized spacial score (nSPS) is 11.1. The Labute approximate surface area is 107 Å². The van der Waals surface area contributed by atoms with E-state index in [1.807, 2.05) is 0 Å². The van der Waals surface area contributed by atoms with E-state index in [1.165, 1.54) is 4.68 Å². The van der Waals surface area contributed by atoms with Crippen molar-refractivity contribution in [3.8, 4) is 5.82 Å². The van der Waals surface area contributed by atoms with Crippen LogP contribution in [-0.4, -0.2) is 20.0 Å². The first kappa shape index (κ1) is 12.0. The number of nitrogens with zero attached hydrogens (tertiary/aromatic N) is 3. The standard InChI is InChI=1S/C11H13BrN4O/c1-7(2)6-8-10(12)11(17)16(15-8)9-4-3-5-13-14-9/h3-5,7,15H,6H2,1-2H3. The predicted molar refractivity (Wildman–Crippen MR) is 68.2 cm³/mol. The van der Waals surface area contributed by atoms with Crippen LogP contribution >= 0.6 is 15.9 Å². The second-order valence-corrected chi connectivity index (χ2v) is 5.02. The first-order chi connectivity index (χ1) is 8.09. The number of hydrogen-bond acceptors (Lipinski definition) is 3. The minimum absolute atomic E-state index is 0.138. The summed E-state index contributed by atoms with van der Waals surface area (Å²) in [5.41, 5.74) is 0.747. The molecule has 0 atom stereocenters. The number of H-pyrrole nitrogens is 1. The minimum Gasteiger partial charge on any atom is -0.292 e. The predicted octanol–water partition coefficient (Wildman–Crippen LogP) is 1.92. The Kier molecular flexibility index (Phi) is 3.42. The molecule has 2 aromatic rings. The molecule has 0 fully saturated rings. The summed E-state index contributed by atoms with van der Waals surface area (Å²) >= 11 is 3.31. The van der Waals surface area contributed by atoms with Crippen LogP contribution in [-0.2, 0) is 6.42 Å². The van der Waals surface area contributed by atoms with Crippen LogP contribution in [0.3, 0.4) is 0 Å². The quantitative estimate of drug-likeness (QED) is 0.941. The van der Waals surface area contributed by atoms with Gasteiger partial charge in [-0.1, -0.05) is 13.8 Å². The van der Waals surface area contributed by atoms with Crippen molar-refractivity contribution in [2.45, 2.75) is 20.3 Å². The molecule has 0 unspecified atom stereocenters. The fourth-order valence-corrected chi connectivity index (χ4v) is 2.01. The second-order valence-electron chi connectivity index (χ2n) is 4.22. The van der Waals surface area contributed by atoms with Gasteiger partial charge in [0.1, 0.15) is 4.47 Å². The smallest absolute Gasteiger partial charge is 0.287 e. The van der Waals surface area contributed by atoms with Gasteiger partial charge >= 0.3 is 0 Å². The molecule has 0 bridgehead atoms. The van der Waals surface area contributed by atoms with Gasteiger partial charge < -0.3 is 0 Å².